The summed E-state index contributed by atoms with van der Waals surface area (Å²) in [5.41, 5.74) is 2.35. The number of hydrogen-bond donors (Lipinski definition) is 1. The molecule has 2 aromatic carbocycles. The third kappa shape index (κ3) is 5.16. The number of thioether (sulfide) groups is 1. The van der Waals surface area contributed by atoms with Gasteiger partial charge < -0.3 is 5.32 Å². The van der Waals surface area contributed by atoms with Crippen LogP contribution in [0.25, 0.3) is 0 Å². The summed E-state index contributed by atoms with van der Waals surface area (Å²) in [6, 6.07) is 14.2. The van der Waals surface area contributed by atoms with Crippen molar-refractivity contribution in [3.05, 3.63) is 83.7 Å². The summed E-state index contributed by atoms with van der Waals surface area (Å²) in [6.45, 7) is 1.16. The largest absolute Gasteiger partial charge is 0.351 e. The number of carbonyl (C=O) groups excluding carboxylic acids is 1. The molecule has 26 heavy (non-hydrogen) atoms. The SMILES string of the molecule is O=C(NCCSCc1ccccc1F)c1ccc(Cn2cncn2)cc1. The van der Waals surface area contributed by atoms with E-state index >= 15 is 0 Å². The molecule has 1 N–H and O–H groups in total. The Labute approximate surface area is 155 Å². The van der Waals surface area contributed by atoms with Gasteiger partial charge in [0.25, 0.3) is 5.91 Å². The third-order valence-electron chi connectivity index (χ3n) is 3.77. The molecule has 0 bridgehead atoms. The van der Waals surface area contributed by atoms with E-state index < -0.39 is 0 Å². The predicted octanol–water partition coefficient (Wildman–Crippen LogP) is 3.13. The zero-order chi connectivity index (χ0) is 18.2. The zero-order valence-corrected chi connectivity index (χ0v) is 15.0. The monoisotopic (exact) mass is 370 g/mol. The molecule has 0 unspecified atom stereocenters. The predicted molar refractivity (Wildman–Crippen MR) is 100 cm³/mol. The van der Waals surface area contributed by atoms with E-state index in [4.69, 9.17) is 0 Å². The van der Waals surface area contributed by atoms with Crippen molar-refractivity contribution in [3.63, 3.8) is 0 Å². The van der Waals surface area contributed by atoms with Crippen LogP contribution in [0.15, 0.2) is 61.2 Å². The highest BCUT2D eigenvalue weighted by atomic mass is 32.2. The lowest BCUT2D eigenvalue weighted by atomic mass is 10.1. The van der Waals surface area contributed by atoms with E-state index in [-0.39, 0.29) is 11.7 Å². The fourth-order valence-electron chi connectivity index (χ4n) is 2.40. The van der Waals surface area contributed by atoms with Gasteiger partial charge in [-0.05, 0) is 29.3 Å². The number of amides is 1. The first-order valence-corrected chi connectivity index (χ1v) is 9.38. The zero-order valence-electron chi connectivity index (χ0n) is 14.1. The van der Waals surface area contributed by atoms with E-state index in [1.54, 1.807) is 47.0 Å². The molecule has 0 aliphatic carbocycles. The maximum Gasteiger partial charge on any atom is 0.251 e. The lowest BCUT2D eigenvalue weighted by Crippen LogP contribution is -2.25. The molecule has 0 atom stereocenters. The number of nitrogens with one attached hydrogen (secondary N) is 1. The summed E-state index contributed by atoms with van der Waals surface area (Å²) >= 11 is 1.59. The van der Waals surface area contributed by atoms with Gasteiger partial charge in [-0.3, -0.25) is 4.79 Å². The van der Waals surface area contributed by atoms with Crippen LogP contribution in [0.3, 0.4) is 0 Å². The van der Waals surface area contributed by atoms with Gasteiger partial charge in [-0.2, -0.15) is 16.9 Å². The minimum atomic E-state index is -0.185. The summed E-state index contributed by atoms with van der Waals surface area (Å²) in [5, 5.41) is 6.94. The minimum absolute atomic E-state index is 0.108. The smallest absolute Gasteiger partial charge is 0.251 e. The van der Waals surface area contributed by atoms with Crippen LogP contribution < -0.4 is 5.32 Å². The van der Waals surface area contributed by atoms with E-state index in [1.165, 1.54) is 12.4 Å². The standard InChI is InChI=1S/C19H19FN4OS/c20-18-4-2-1-3-17(18)12-26-10-9-22-19(25)16-7-5-15(6-8-16)11-24-14-21-13-23-24/h1-8,13-14H,9-12H2,(H,22,25). The van der Waals surface area contributed by atoms with Crippen molar-refractivity contribution in [2.75, 3.05) is 12.3 Å². The van der Waals surface area contributed by atoms with E-state index in [1.807, 2.05) is 18.2 Å². The Balaban J connectivity index is 1.40. The van der Waals surface area contributed by atoms with Crippen LogP contribution in [-0.2, 0) is 12.3 Å². The molecular weight excluding hydrogens is 351 g/mol. The summed E-state index contributed by atoms with van der Waals surface area (Å²) < 4.78 is 15.2. The number of nitrogens with zero attached hydrogens (tertiary/aromatic N) is 3. The highest BCUT2D eigenvalue weighted by Gasteiger charge is 2.06. The van der Waals surface area contributed by atoms with Crippen molar-refractivity contribution in [1.29, 1.82) is 0 Å². The van der Waals surface area contributed by atoms with Crippen LogP contribution in [0, 0.1) is 5.82 Å². The Kier molecular flexibility index (Phi) is 6.38. The highest BCUT2D eigenvalue weighted by molar-refractivity contribution is 7.98. The normalized spacial score (nSPS) is 10.7. The molecule has 3 rings (SSSR count). The maximum absolute atomic E-state index is 13.5. The Morgan fingerprint density at radius 2 is 1.96 bits per heavy atom. The first kappa shape index (κ1) is 18.1. The summed E-state index contributed by atoms with van der Waals surface area (Å²) in [7, 11) is 0. The van der Waals surface area contributed by atoms with Gasteiger partial charge in [0.05, 0.1) is 6.54 Å². The van der Waals surface area contributed by atoms with Crippen molar-refractivity contribution in [2.45, 2.75) is 12.3 Å². The van der Waals surface area contributed by atoms with Crippen LogP contribution in [0.5, 0.6) is 0 Å². The molecule has 0 aliphatic rings. The molecule has 0 aliphatic heterocycles. The molecule has 134 valence electrons. The molecule has 0 fully saturated rings. The molecule has 1 amide bonds. The Hall–Kier alpha value is -2.67. The van der Waals surface area contributed by atoms with E-state index in [0.29, 0.717) is 30.0 Å². The minimum Gasteiger partial charge on any atom is -0.351 e. The van der Waals surface area contributed by atoms with Gasteiger partial charge in [-0.15, -0.1) is 0 Å². The molecule has 0 saturated carbocycles. The topological polar surface area (TPSA) is 59.8 Å². The van der Waals surface area contributed by atoms with Gasteiger partial charge in [0, 0.05) is 23.6 Å². The van der Waals surface area contributed by atoms with Crippen molar-refractivity contribution in [2.24, 2.45) is 0 Å². The quantitative estimate of drug-likeness (QED) is 0.619. The van der Waals surface area contributed by atoms with Gasteiger partial charge in [0.1, 0.15) is 18.5 Å². The maximum atomic E-state index is 13.5. The van der Waals surface area contributed by atoms with Gasteiger partial charge >= 0.3 is 0 Å². The molecular formula is C19H19FN4OS. The fraction of sp³-hybridized carbons (Fsp3) is 0.211. The van der Waals surface area contributed by atoms with Crippen molar-refractivity contribution in [3.8, 4) is 0 Å². The molecule has 3 aromatic rings. The van der Waals surface area contributed by atoms with E-state index in [9.17, 15) is 9.18 Å². The van der Waals surface area contributed by atoms with Gasteiger partial charge in [-0.25, -0.2) is 14.1 Å². The fourth-order valence-corrected chi connectivity index (χ4v) is 3.24. The van der Waals surface area contributed by atoms with Crippen molar-refractivity contribution >= 4 is 17.7 Å². The molecule has 0 saturated heterocycles. The van der Waals surface area contributed by atoms with Crippen molar-refractivity contribution < 1.29 is 9.18 Å². The summed E-state index contributed by atoms with van der Waals surface area (Å²) in [5.74, 6) is 1.03. The number of hydrogen-bond acceptors (Lipinski definition) is 4. The average Bonchev–Trinajstić information content (AvgIpc) is 3.16. The van der Waals surface area contributed by atoms with Crippen LogP contribution in [-0.4, -0.2) is 33.0 Å². The van der Waals surface area contributed by atoms with Crippen LogP contribution in [0.4, 0.5) is 4.39 Å². The first-order valence-electron chi connectivity index (χ1n) is 8.23. The van der Waals surface area contributed by atoms with Crippen LogP contribution in [0.1, 0.15) is 21.5 Å². The van der Waals surface area contributed by atoms with E-state index in [2.05, 4.69) is 15.4 Å². The van der Waals surface area contributed by atoms with E-state index in [0.717, 1.165) is 11.3 Å². The third-order valence-corrected chi connectivity index (χ3v) is 4.78. The van der Waals surface area contributed by atoms with Gasteiger partial charge in [0.2, 0.25) is 0 Å². The Morgan fingerprint density at radius 1 is 1.15 bits per heavy atom. The highest BCUT2D eigenvalue weighted by Crippen LogP contribution is 2.14. The second-order valence-electron chi connectivity index (χ2n) is 5.69. The molecule has 1 heterocycles. The lowest BCUT2D eigenvalue weighted by molar-refractivity contribution is 0.0956. The molecule has 5 nitrogen and oxygen atoms in total. The second kappa shape index (κ2) is 9.15. The molecule has 0 radical (unpaired) electrons. The summed E-state index contributed by atoms with van der Waals surface area (Å²) in [6.07, 6.45) is 3.14. The number of rotatable bonds is 8. The Morgan fingerprint density at radius 3 is 2.69 bits per heavy atom. The van der Waals surface area contributed by atoms with Crippen LogP contribution in [0.2, 0.25) is 0 Å². The number of benzene rings is 2. The van der Waals surface area contributed by atoms with Gasteiger partial charge in [-0.1, -0.05) is 30.3 Å². The Bertz CT molecular complexity index is 837. The second-order valence-corrected chi connectivity index (χ2v) is 6.80. The molecule has 0 spiro atoms. The number of aromatic nitrogens is 3. The first-order chi connectivity index (χ1) is 12.7. The average molecular weight is 370 g/mol. The summed E-state index contributed by atoms with van der Waals surface area (Å²) in [4.78, 5) is 16.1. The van der Waals surface area contributed by atoms with Crippen LogP contribution >= 0.6 is 11.8 Å². The molecule has 1 aromatic heterocycles. The molecule has 7 heteroatoms. The van der Waals surface area contributed by atoms with Gasteiger partial charge in [0.15, 0.2) is 0 Å². The number of carbonyl (C=O) groups is 1. The number of halogens is 1. The van der Waals surface area contributed by atoms with Crippen molar-refractivity contribution in [1.82, 2.24) is 20.1 Å². The lowest BCUT2D eigenvalue weighted by Gasteiger charge is -2.07.